The van der Waals surface area contributed by atoms with Crippen molar-refractivity contribution >= 4 is 33.2 Å². The first-order valence-corrected chi connectivity index (χ1v) is 14.0. The predicted octanol–water partition coefficient (Wildman–Crippen LogP) is 4.05. The van der Waals surface area contributed by atoms with Crippen molar-refractivity contribution in [2.45, 2.75) is 31.1 Å². The molecule has 1 fully saturated rings. The number of sulfonamides is 1. The summed E-state index contributed by atoms with van der Waals surface area (Å²) < 4.78 is 34.1. The SMILES string of the molecule is O=C(Nc1ccccc1C(=O)N1CCCCC1)[C@H]1CN(S(=O)(=O)Cc2ccccc2)c2ccccc2O1. The molecule has 3 aromatic carbocycles. The molecule has 1 atom stereocenters. The number of benzene rings is 3. The fraction of sp³-hybridized carbons (Fsp3) is 0.286. The molecule has 192 valence electrons. The molecular weight excluding hydrogens is 490 g/mol. The maximum Gasteiger partial charge on any atom is 0.267 e. The van der Waals surface area contributed by atoms with Crippen LogP contribution in [0.3, 0.4) is 0 Å². The number of likely N-dealkylation sites (tertiary alicyclic amines) is 1. The number of amides is 2. The van der Waals surface area contributed by atoms with Gasteiger partial charge in [0.2, 0.25) is 10.0 Å². The van der Waals surface area contributed by atoms with E-state index in [1.54, 1.807) is 77.7 Å². The minimum atomic E-state index is -3.81. The molecule has 0 aliphatic carbocycles. The average molecular weight is 520 g/mol. The van der Waals surface area contributed by atoms with Gasteiger partial charge in [0, 0.05) is 13.1 Å². The van der Waals surface area contributed by atoms with E-state index in [0.717, 1.165) is 19.3 Å². The summed E-state index contributed by atoms with van der Waals surface area (Å²) in [5.74, 6) is -0.543. The lowest BCUT2D eigenvalue weighted by atomic mass is 10.1. The van der Waals surface area contributed by atoms with Crippen LogP contribution in [0.25, 0.3) is 0 Å². The highest BCUT2D eigenvalue weighted by Crippen LogP contribution is 2.36. The topological polar surface area (TPSA) is 96.0 Å². The minimum Gasteiger partial charge on any atom is -0.476 e. The highest BCUT2D eigenvalue weighted by Gasteiger charge is 2.37. The van der Waals surface area contributed by atoms with Gasteiger partial charge in [-0.25, -0.2) is 8.42 Å². The molecule has 2 amide bonds. The number of carbonyl (C=O) groups excluding carboxylic acids is 2. The van der Waals surface area contributed by atoms with Gasteiger partial charge < -0.3 is 15.0 Å². The third kappa shape index (κ3) is 5.46. The summed E-state index contributed by atoms with van der Waals surface area (Å²) in [7, 11) is -3.81. The molecule has 0 radical (unpaired) electrons. The highest BCUT2D eigenvalue weighted by atomic mass is 32.2. The normalized spacial score (nSPS) is 17.5. The van der Waals surface area contributed by atoms with Crippen molar-refractivity contribution in [3.63, 3.8) is 0 Å². The summed E-state index contributed by atoms with van der Waals surface area (Å²) >= 11 is 0. The van der Waals surface area contributed by atoms with Crippen LogP contribution in [0, 0.1) is 0 Å². The number of para-hydroxylation sites is 3. The molecule has 0 bridgehead atoms. The van der Waals surface area contributed by atoms with E-state index in [2.05, 4.69) is 5.32 Å². The number of rotatable bonds is 6. The largest absolute Gasteiger partial charge is 0.476 e. The smallest absolute Gasteiger partial charge is 0.267 e. The Morgan fingerprint density at radius 2 is 1.54 bits per heavy atom. The molecule has 9 heteroatoms. The van der Waals surface area contributed by atoms with Crippen molar-refractivity contribution in [2.75, 3.05) is 29.3 Å². The lowest BCUT2D eigenvalue weighted by molar-refractivity contribution is -0.122. The van der Waals surface area contributed by atoms with Gasteiger partial charge in [0.05, 0.1) is 29.2 Å². The fourth-order valence-electron chi connectivity index (χ4n) is 4.72. The molecular formula is C28H29N3O5S. The molecule has 2 aliphatic heterocycles. The van der Waals surface area contributed by atoms with Crippen LogP contribution in [-0.4, -0.2) is 50.9 Å². The summed E-state index contributed by atoms with van der Waals surface area (Å²) in [5.41, 5.74) is 1.83. The second kappa shape index (κ2) is 10.6. The molecule has 1 N–H and O–H groups in total. The van der Waals surface area contributed by atoms with Crippen molar-refractivity contribution < 1.29 is 22.7 Å². The lowest BCUT2D eigenvalue weighted by Crippen LogP contribution is -2.49. The molecule has 2 aliphatic rings. The third-order valence-electron chi connectivity index (χ3n) is 6.61. The summed E-state index contributed by atoms with van der Waals surface area (Å²) in [4.78, 5) is 28.3. The standard InChI is InChI=1S/C28H29N3O5S/c32-27(29-23-14-6-5-13-22(23)28(33)30-17-9-2-10-18-30)26-19-31(24-15-7-8-16-25(24)36-26)37(34,35)20-21-11-3-1-4-12-21/h1,3-8,11-16,26H,2,9-10,17-20H2,(H,29,32)/t26-/m1/s1. The van der Waals surface area contributed by atoms with Crippen molar-refractivity contribution in [2.24, 2.45) is 0 Å². The van der Waals surface area contributed by atoms with Gasteiger partial charge in [0.1, 0.15) is 5.75 Å². The van der Waals surface area contributed by atoms with Crippen molar-refractivity contribution in [3.8, 4) is 5.75 Å². The lowest BCUT2D eigenvalue weighted by Gasteiger charge is -2.35. The van der Waals surface area contributed by atoms with Crippen molar-refractivity contribution in [1.29, 1.82) is 0 Å². The summed E-state index contributed by atoms with van der Waals surface area (Å²) in [6, 6.07) is 22.6. The first-order valence-electron chi connectivity index (χ1n) is 12.4. The van der Waals surface area contributed by atoms with E-state index in [1.807, 2.05) is 6.07 Å². The number of anilines is 2. The maximum absolute atomic E-state index is 13.5. The molecule has 37 heavy (non-hydrogen) atoms. The Bertz CT molecular complexity index is 1390. The monoisotopic (exact) mass is 519 g/mol. The maximum atomic E-state index is 13.5. The number of ether oxygens (including phenoxy) is 1. The Kier molecular flexibility index (Phi) is 7.14. The summed E-state index contributed by atoms with van der Waals surface area (Å²) in [6.45, 7) is 1.20. The second-order valence-corrected chi connectivity index (χ2v) is 11.1. The zero-order valence-corrected chi connectivity index (χ0v) is 21.2. The Morgan fingerprint density at radius 3 is 2.32 bits per heavy atom. The number of nitrogens with one attached hydrogen (secondary N) is 1. The van der Waals surface area contributed by atoms with E-state index in [-0.39, 0.29) is 18.2 Å². The Morgan fingerprint density at radius 1 is 0.865 bits per heavy atom. The summed E-state index contributed by atoms with van der Waals surface area (Å²) in [6.07, 6.45) is 1.93. The first-order chi connectivity index (χ1) is 17.9. The number of hydrogen-bond donors (Lipinski definition) is 1. The molecule has 0 saturated carbocycles. The Hall–Kier alpha value is -3.85. The van der Waals surface area contributed by atoms with Gasteiger partial charge in [-0.05, 0) is 49.1 Å². The van der Waals surface area contributed by atoms with Crippen LogP contribution in [0.2, 0.25) is 0 Å². The molecule has 0 aromatic heterocycles. The van der Waals surface area contributed by atoms with Crippen LogP contribution in [0.5, 0.6) is 5.75 Å². The Labute approximate surface area is 216 Å². The van der Waals surface area contributed by atoms with E-state index in [1.165, 1.54) is 4.31 Å². The van der Waals surface area contributed by atoms with Crippen molar-refractivity contribution in [1.82, 2.24) is 4.90 Å². The van der Waals surface area contributed by atoms with Crippen LogP contribution in [0.15, 0.2) is 78.9 Å². The molecule has 1 saturated heterocycles. The zero-order chi connectivity index (χ0) is 25.8. The van der Waals surface area contributed by atoms with E-state index in [0.29, 0.717) is 41.3 Å². The molecule has 8 nitrogen and oxygen atoms in total. The minimum absolute atomic E-state index is 0.127. The van der Waals surface area contributed by atoms with Gasteiger partial charge in [0.15, 0.2) is 6.10 Å². The van der Waals surface area contributed by atoms with Crippen LogP contribution in [0.4, 0.5) is 11.4 Å². The number of piperidine rings is 1. The van der Waals surface area contributed by atoms with E-state index >= 15 is 0 Å². The number of fused-ring (bicyclic) bond motifs is 1. The number of nitrogens with zero attached hydrogens (tertiary/aromatic N) is 2. The van der Waals surface area contributed by atoms with Gasteiger partial charge in [-0.2, -0.15) is 0 Å². The van der Waals surface area contributed by atoms with E-state index in [4.69, 9.17) is 4.74 Å². The van der Waals surface area contributed by atoms with Crippen LogP contribution in [-0.2, 0) is 20.6 Å². The molecule has 0 spiro atoms. The quantitative estimate of drug-likeness (QED) is 0.530. The van der Waals surface area contributed by atoms with Crippen LogP contribution >= 0.6 is 0 Å². The zero-order valence-electron chi connectivity index (χ0n) is 20.4. The number of carbonyl (C=O) groups is 2. The Balaban J connectivity index is 1.38. The summed E-state index contributed by atoms with van der Waals surface area (Å²) in [5, 5.41) is 2.82. The molecule has 2 heterocycles. The molecule has 3 aromatic rings. The first kappa shape index (κ1) is 24.8. The van der Waals surface area contributed by atoms with Crippen LogP contribution in [0.1, 0.15) is 35.2 Å². The van der Waals surface area contributed by atoms with E-state index < -0.39 is 22.0 Å². The van der Waals surface area contributed by atoms with Gasteiger partial charge in [0.25, 0.3) is 11.8 Å². The average Bonchev–Trinajstić information content (AvgIpc) is 2.93. The van der Waals surface area contributed by atoms with Gasteiger partial charge in [-0.1, -0.05) is 54.6 Å². The van der Waals surface area contributed by atoms with Crippen molar-refractivity contribution in [3.05, 3.63) is 90.0 Å². The van der Waals surface area contributed by atoms with Crippen LogP contribution < -0.4 is 14.4 Å². The number of hydrogen-bond acceptors (Lipinski definition) is 5. The van der Waals surface area contributed by atoms with Gasteiger partial charge >= 0.3 is 0 Å². The molecule has 0 unspecified atom stereocenters. The highest BCUT2D eigenvalue weighted by molar-refractivity contribution is 7.92. The fourth-order valence-corrected chi connectivity index (χ4v) is 6.31. The van der Waals surface area contributed by atoms with E-state index in [9.17, 15) is 18.0 Å². The third-order valence-corrected chi connectivity index (χ3v) is 8.33. The molecule has 5 rings (SSSR count). The van der Waals surface area contributed by atoms with Gasteiger partial charge in [-0.3, -0.25) is 13.9 Å². The second-order valence-electron chi connectivity index (χ2n) is 9.23. The predicted molar refractivity (Wildman–Crippen MR) is 142 cm³/mol. The van der Waals surface area contributed by atoms with Gasteiger partial charge in [-0.15, -0.1) is 0 Å².